The maximum Gasteiger partial charge on any atom is -1.00 e. The second kappa shape index (κ2) is 8.77. The van der Waals surface area contributed by atoms with Crippen LogP contribution >= 0.6 is 0 Å². The second-order valence-electron chi connectivity index (χ2n) is 10.3. The predicted molar refractivity (Wildman–Crippen MR) is 135 cm³/mol. The van der Waals surface area contributed by atoms with E-state index in [1.165, 1.54) is 47.4 Å². The van der Waals surface area contributed by atoms with Gasteiger partial charge in [0.2, 0.25) is 0 Å². The van der Waals surface area contributed by atoms with Crippen LogP contribution in [0.2, 0.25) is 8.35 Å². The first kappa shape index (κ1) is 24.0. The fourth-order valence-electron chi connectivity index (χ4n) is 7.42. The van der Waals surface area contributed by atoms with Crippen LogP contribution in [0.3, 0.4) is 0 Å². The Morgan fingerprint density at radius 3 is 1.44 bits per heavy atom. The molecule has 0 amide bonds. The summed E-state index contributed by atoms with van der Waals surface area (Å²) in [6.07, 6.45) is 6.55. The molecule has 1 heterocycles. The van der Waals surface area contributed by atoms with Crippen molar-refractivity contribution in [3.8, 4) is 0 Å². The minimum absolute atomic E-state index is 0. The summed E-state index contributed by atoms with van der Waals surface area (Å²) in [5.74, 6) is 0. The van der Waals surface area contributed by atoms with E-state index in [-0.39, 0.29) is 24.8 Å². The van der Waals surface area contributed by atoms with Crippen LogP contribution in [-0.2, 0) is 20.0 Å². The van der Waals surface area contributed by atoms with Gasteiger partial charge in [0.1, 0.15) is 0 Å². The SMILES string of the molecule is CC1=Cc2c(ccc3ccccc23)[CH]1[Hf+2]1([CH]2C(C)=Cc3c2ccc2ccccc32)[CH2]C[CH2]1.[Cl-].[Cl-]. The molecule has 0 spiro atoms. The van der Waals surface area contributed by atoms with Gasteiger partial charge in [-0.1, -0.05) is 0 Å². The molecule has 0 bridgehead atoms. The van der Waals surface area contributed by atoms with E-state index >= 15 is 0 Å². The van der Waals surface area contributed by atoms with Gasteiger partial charge < -0.3 is 24.8 Å². The molecule has 34 heavy (non-hydrogen) atoms. The molecule has 0 N–H and O–H groups in total. The Hall–Kier alpha value is -1.67. The van der Waals surface area contributed by atoms with Crippen LogP contribution < -0.4 is 24.8 Å². The maximum absolute atomic E-state index is 2.76. The molecule has 7 rings (SSSR count). The number of benzene rings is 4. The fraction of sp³-hybridized carbons (Fsp3) is 0.226. The van der Waals surface area contributed by atoms with Crippen molar-refractivity contribution in [2.45, 2.75) is 36.0 Å². The molecule has 1 fully saturated rings. The molecule has 2 aliphatic carbocycles. The first-order valence-electron chi connectivity index (χ1n) is 12.1. The van der Waals surface area contributed by atoms with Crippen LogP contribution in [0.5, 0.6) is 0 Å². The molecule has 4 aromatic rings. The first-order chi connectivity index (χ1) is 15.7. The van der Waals surface area contributed by atoms with E-state index in [1.807, 2.05) is 0 Å². The van der Waals surface area contributed by atoms with Crippen molar-refractivity contribution in [1.82, 2.24) is 0 Å². The third-order valence-corrected chi connectivity index (χ3v) is 31.7. The zero-order valence-electron chi connectivity index (χ0n) is 19.6. The minimum atomic E-state index is -2.76. The van der Waals surface area contributed by atoms with Gasteiger partial charge in [-0.2, -0.15) is 0 Å². The number of allylic oxidation sites excluding steroid dienone is 2. The summed E-state index contributed by atoms with van der Waals surface area (Å²) in [6, 6.07) is 27.7. The smallest absolute Gasteiger partial charge is 1.00 e. The van der Waals surface area contributed by atoms with Crippen molar-refractivity contribution < 1.29 is 44.8 Å². The van der Waals surface area contributed by atoms with Gasteiger partial charge in [-0.15, -0.1) is 0 Å². The molecule has 0 aromatic heterocycles. The monoisotopic (exact) mass is 650 g/mol. The molecule has 3 heteroatoms. The maximum atomic E-state index is 2.55. The van der Waals surface area contributed by atoms with Gasteiger partial charge in [-0.25, -0.2) is 0 Å². The molecule has 0 saturated carbocycles. The third kappa shape index (κ3) is 3.20. The molecule has 170 valence electrons. The standard InChI is InChI=1S/2C14H11.C3H6.2ClH.Hf/c2*1-10-8-12-7-6-11-4-2-3-5-13(11)14(12)9-10;1-3-2;;;/h2*2-9H,1H3;1-3H2;2*1H;/q;;;;;+2/p-2. The number of hydrogen-bond acceptors (Lipinski definition) is 0. The van der Waals surface area contributed by atoms with E-state index < -0.39 is 20.0 Å². The van der Waals surface area contributed by atoms with E-state index in [9.17, 15) is 0 Å². The van der Waals surface area contributed by atoms with E-state index in [0.29, 0.717) is 0 Å². The van der Waals surface area contributed by atoms with Crippen molar-refractivity contribution in [2.75, 3.05) is 0 Å². The van der Waals surface area contributed by atoms with Crippen LogP contribution in [0.1, 0.15) is 49.9 Å². The van der Waals surface area contributed by atoms with E-state index in [1.54, 1.807) is 22.3 Å². The number of fused-ring (bicyclic) bond motifs is 6. The summed E-state index contributed by atoms with van der Waals surface area (Å²) < 4.78 is 4.55. The zero-order valence-corrected chi connectivity index (χ0v) is 24.7. The summed E-state index contributed by atoms with van der Waals surface area (Å²) in [4.78, 5) is 0. The molecular formula is C31H28Cl2Hf. The molecule has 0 nitrogen and oxygen atoms in total. The van der Waals surface area contributed by atoms with Gasteiger partial charge in [-0.05, 0) is 0 Å². The third-order valence-electron chi connectivity index (χ3n) is 8.72. The van der Waals surface area contributed by atoms with Crippen molar-refractivity contribution in [1.29, 1.82) is 0 Å². The van der Waals surface area contributed by atoms with Crippen LogP contribution in [0.25, 0.3) is 33.7 Å². The van der Waals surface area contributed by atoms with Gasteiger partial charge in [-0.3, -0.25) is 0 Å². The van der Waals surface area contributed by atoms with Crippen LogP contribution in [0.4, 0.5) is 0 Å². The quantitative estimate of drug-likeness (QED) is 0.293. The largest absolute Gasteiger partial charge is 1.00 e. The average molecular weight is 650 g/mol. The van der Waals surface area contributed by atoms with Crippen LogP contribution in [0, 0.1) is 0 Å². The van der Waals surface area contributed by atoms with Crippen LogP contribution in [0.15, 0.2) is 83.9 Å². The molecule has 2 unspecified atom stereocenters. The van der Waals surface area contributed by atoms with Gasteiger partial charge in [0.05, 0.1) is 0 Å². The van der Waals surface area contributed by atoms with Gasteiger partial charge >= 0.3 is 196 Å². The Bertz CT molecular complexity index is 1380. The van der Waals surface area contributed by atoms with Gasteiger partial charge in [0, 0.05) is 0 Å². The Kier molecular flexibility index (Phi) is 6.20. The number of rotatable bonds is 2. The molecule has 1 saturated heterocycles. The van der Waals surface area contributed by atoms with E-state index in [2.05, 4.69) is 98.8 Å². The first-order valence-corrected chi connectivity index (χ1v) is 21.3. The molecule has 3 aliphatic rings. The summed E-state index contributed by atoms with van der Waals surface area (Å²) in [5.41, 5.74) is 9.67. The zero-order chi connectivity index (χ0) is 21.4. The summed E-state index contributed by atoms with van der Waals surface area (Å²) in [7, 11) is 0. The van der Waals surface area contributed by atoms with Crippen LogP contribution in [-0.4, -0.2) is 0 Å². The van der Waals surface area contributed by atoms with Crippen molar-refractivity contribution in [3.05, 3.63) is 106 Å². The minimum Gasteiger partial charge on any atom is -1.00 e. The summed E-state index contributed by atoms with van der Waals surface area (Å²) >= 11 is -2.76. The number of halogens is 2. The Balaban J connectivity index is 0.00000120. The molecule has 2 atom stereocenters. The average Bonchev–Trinajstić information content (AvgIpc) is 3.31. The topological polar surface area (TPSA) is 0 Å². The fourth-order valence-corrected chi connectivity index (χ4v) is 30.3. The molecule has 1 aliphatic heterocycles. The summed E-state index contributed by atoms with van der Waals surface area (Å²) in [5, 5.41) is 5.65. The summed E-state index contributed by atoms with van der Waals surface area (Å²) in [6.45, 7) is 4.88. The molecule has 0 radical (unpaired) electrons. The Morgan fingerprint density at radius 1 is 0.588 bits per heavy atom. The number of hydrogen-bond donors (Lipinski definition) is 0. The Morgan fingerprint density at radius 2 is 1.03 bits per heavy atom. The predicted octanol–water partition coefficient (Wildman–Crippen LogP) is 3.01. The van der Waals surface area contributed by atoms with Gasteiger partial charge in [0.15, 0.2) is 0 Å². The normalized spacial score (nSPS) is 20.6. The van der Waals surface area contributed by atoms with E-state index in [4.69, 9.17) is 0 Å². The Labute approximate surface area is 219 Å². The van der Waals surface area contributed by atoms with Crippen molar-refractivity contribution in [3.63, 3.8) is 0 Å². The molecular weight excluding hydrogens is 622 g/mol. The van der Waals surface area contributed by atoms with Gasteiger partial charge in [0.25, 0.3) is 0 Å². The van der Waals surface area contributed by atoms with E-state index in [0.717, 1.165) is 7.35 Å². The second-order valence-corrected chi connectivity index (χ2v) is 26.9. The van der Waals surface area contributed by atoms with Crippen molar-refractivity contribution >= 4 is 33.7 Å². The van der Waals surface area contributed by atoms with Crippen molar-refractivity contribution in [2.24, 2.45) is 0 Å². The molecule has 4 aromatic carbocycles.